The molecule has 15 heavy (non-hydrogen) atoms. The van der Waals surface area contributed by atoms with Gasteiger partial charge in [-0.15, -0.1) is 12.6 Å². The standard InChI is InChI=1S/C11H15NO2S/c1-2-14-11(13)6-7-12-9-4-3-5-10(15)8-9/h3-5,8,12,15H,2,6-7H2,1H3. The van der Waals surface area contributed by atoms with Crippen molar-refractivity contribution in [3.05, 3.63) is 24.3 Å². The smallest absolute Gasteiger partial charge is 0.307 e. The van der Waals surface area contributed by atoms with Crippen LogP contribution in [0.3, 0.4) is 0 Å². The van der Waals surface area contributed by atoms with Gasteiger partial charge in [0.2, 0.25) is 0 Å². The quantitative estimate of drug-likeness (QED) is 0.596. The molecule has 0 fully saturated rings. The molecule has 82 valence electrons. The average Bonchev–Trinajstić information content (AvgIpc) is 2.18. The number of nitrogens with one attached hydrogen (secondary N) is 1. The normalized spacial score (nSPS) is 9.73. The van der Waals surface area contributed by atoms with E-state index in [1.165, 1.54) is 0 Å². The Bertz CT molecular complexity index is 328. The van der Waals surface area contributed by atoms with Crippen molar-refractivity contribution in [1.29, 1.82) is 0 Å². The summed E-state index contributed by atoms with van der Waals surface area (Å²) in [6.45, 7) is 2.82. The molecule has 1 N–H and O–H groups in total. The van der Waals surface area contributed by atoms with Gasteiger partial charge < -0.3 is 10.1 Å². The van der Waals surface area contributed by atoms with Crippen LogP contribution in [0.5, 0.6) is 0 Å². The summed E-state index contributed by atoms with van der Waals surface area (Å²) in [5, 5.41) is 3.13. The molecule has 0 aliphatic rings. The lowest BCUT2D eigenvalue weighted by molar-refractivity contribution is -0.142. The van der Waals surface area contributed by atoms with Crippen LogP contribution in [-0.4, -0.2) is 19.1 Å². The van der Waals surface area contributed by atoms with Gasteiger partial charge in [0.1, 0.15) is 0 Å². The van der Waals surface area contributed by atoms with Crippen LogP contribution in [0.15, 0.2) is 29.2 Å². The predicted octanol–water partition coefficient (Wildman–Crippen LogP) is 2.34. The number of carbonyl (C=O) groups excluding carboxylic acids is 1. The van der Waals surface area contributed by atoms with Crippen molar-refractivity contribution in [2.75, 3.05) is 18.5 Å². The first kappa shape index (κ1) is 11.9. The number of benzene rings is 1. The van der Waals surface area contributed by atoms with Gasteiger partial charge in [-0.1, -0.05) is 6.07 Å². The molecule has 1 aromatic rings. The number of hydrogen-bond acceptors (Lipinski definition) is 4. The maximum Gasteiger partial charge on any atom is 0.307 e. The van der Waals surface area contributed by atoms with Gasteiger partial charge in [-0.25, -0.2) is 0 Å². The molecule has 0 spiro atoms. The van der Waals surface area contributed by atoms with E-state index in [0.717, 1.165) is 10.6 Å². The summed E-state index contributed by atoms with van der Waals surface area (Å²) in [6, 6.07) is 7.66. The van der Waals surface area contributed by atoms with Gasteiger partial charge in [0, 0.05) is 17.1 Å². The van der Waals surface area contributed by atoms with Crippen molar-refractivity contribution >= 4 is 24.3 Å². The van der Waals surface area contributed by atoms with Gasteiger partial charge in [0.25, 0.3) is 0 Å². The van der Waals surface area contributed by atoms with Crippen molar-refractivity contribution in [3.8, 4) is 0 Å². The van der Waals surface area contributed by atoms with E-state index in [-0.39, 0.29) is 5.97 Å². The topological polar surface area (TPSA) is 38.3 Å². The van der Waals surface area contributed by atoms with Crippen molar-refractivity contribution in [1.82, 2.24) is 0 Å². The molecule has 1 rings (SSSR count). The Kier molecular flexibility index (Phi) is 5.04. The summed E-state index contributed by atoms with van der Waals surface area (Å²) < 4.78 is 4.81. The molecule has 0 radical (unpaired) electrons. The van der Waals surface area contributed by atoms with E-state index in [1.54, 1.807) is 6.92 Å². The monoisotopic (exact) mass is 225 g/mol. The Hall–Kier alpha value is -1.16. The summed E-state index contributed by atoms with van der Waals surface area (Å²) in [4.78, 5) is 11.9. The van der Waals surface area contributed by atoms with Crippen LogP contribution in [0.4, 0.5) is 5.69 Å². The fourth-order valence-corrected chi connectivity index (χ4v) is 1.38. The second kappa shape index (κ2) is 6.35. The Morgan fingerprint density at radius 1 is 1.53 bits per heavy atom. The minimum absolute atomic E-state index is 0.174. The van der Waals surface area contributed by atoms with Crippen LogP contribution < -0.4 is 5.32 Å². The van der Waals surface area contributed by atoms with E-state index in [9.17, 15) is 4.79 Å². The zero-order valence-electron chi connectivity index (χ0n) is 8.69. The minimum atomic E-state index is -0.174. The Balaban J connectivity index is 2.28. The third-order valence-corrected chi connectivity index (χ3v) is 2.09. The first-order valence-electron chi connectivity index (χ1n) is 4.91. The first-order chi connectivity index (χ1) is 7.22. The second-order valence-corrected chi connectivity index (χ2v) is 3.55. The summed E-state index contributed by atoms with van der Waals surface area (Å²) >= 11 is 4.22. The molecule has 0 unspecified atom stereocenters. The van der Waals surface area contributed by atoms with E-state index < -0.39 is 0 Å². The van der Waals surface area contributed by atoms with Crippen LogP contribution in [0.2, 0.25) is 0 Å². The number of carbonyl (C=O) groups is 1. The zero-order chi connectivity index (χ0) is 11.1. The maximum atomic E-state index is 11.0. The van der Waals surface area contributed by atoms with E-state index in [4.69, 9.17) is 4.74 Å². The number of ether oxygens (including phenoxy) is 1. The van der Waals surface area contributed by atoms with Gasteiger partial charge in [0.15, 0.2) is 0 Å². The van der Waals surface area contributed by atoms with Crippen LogP contribution in [-0.2, 0) is 9.53 Å². The second-order valence-electron chi connectivity index (χ2n) is 3.03. The molecule has 4 heteroatoms. The molecule has 0 atom stereocenters. The zero-order valence-corrected chi connectivity index (χ0v) is 9.59. The predicted molar refractivity (Wildman–Crippen MR) is 63.4 cm³/mol. The largest absolute Gasteiger partial charge is 0.466 e. The molecule has 0 saturated carbocycles. The average molecular weight is 225 g/mol. The lowest BCUT2D eigenvalue weighted by Crippen LogP contribution is -2.11. The summed E-state index contributed by atoms with van der Waals surface area (Å²) in [5.41, 5.74) is 0.965. The number of hydrogen-bond donors (Lipinski definition) is 2. The van der Waals surface area contributed by atoms with Crippen molar-refractivity contribution < 1.29 is 9.53 Å². The van der Waals surface area contributed by atoms with Crippen molar-refractivity contribution in [2.24, 2.45) is 0 Å². The highest BCUT2D eigenvalue weighted by molar-refractivity contribution is 7.80. The fraction of sp³-hybridized carbons (Fsp3) is 0.364. The number of esters is 1. The highest BCUT2D eigenvalue weighted by Crippen LogP contribution is 2.13. The Labute approximate surface area is 95.2 Å². The summed E-state index contributed by atoms with van der Waals surface area (Å²) in [6.07, 6.45) is 0.380. The lowest BCUT2D eigenvalue weighted by Gasteiger charge is -2.06. The Morgan fingerprint density at radius 3 is 3.00 bits per heavy atom. The molecular weight excluding hydrogens is 210 g/mol. The van der Waals surface area contributed by atoms with Gasteiger partial charge in [-0.2, -0.15) is 0 Å². The van der Waals surface area contributed by atoms with E-state index in [0.29, 0.717) is 19.6 Å². The highest BCUT2D eigenvalue weighted by atomic mass is 32.1. The summed E-state index contributed by atoms with van der Waals surface area (Å²) in [7, 11) is 0. The third-order valence-electron chi connectivity index (χ3n) is 1.81. The van der Waals surface area contributed by atoms with Gasteiger partial charge >= 0.3 is 5.97 Å². The van der Waals surface area contributed by atoms with E-state index >= 15 is 0 Å². The summed E-state index contributed by atoms with van der Waals surface area (Å²) in [5.74, 6) is -0.174. The molecule has 0 aliphatic heterocycles. The van der Waals surface area contributed by atoms with Crippen molar-refractivity contribution in [2.45, 2.75) is 18.2 Å². The highest BCUT2D eigenvalue weighted by Gasteiger charge is 2.00. The third kappa shape index (κ3) is 4.74. The van der Waals surface area contributed by atoms with Crippen LogP contribution in [0.25, 0.3) is 0 Å². The van der Waals surface area contributed by atoms with E-state index in [2.05, 4.69) is 17.9 Å². The molecule has 0 amide bonds. The van der Waals surface area contributed by atoms with Crippen LogP contribution >= 0.6 is 12.6 Å². The van der Waals surface area contributed by atoms with Gasteiger partial charge in [0.05, 0.1) is 13.0 Å². The first-order valence-corrected chi connectivity index (χ1v) is 5.35. The number of thiol groups is 1. The Morgan fingerprint density at radius 2 is 2.33 bits per heavy atom. The molecular formula is C11H15NO2S. The minimum Gasteiger partial charge on any atom is -0.466 e. The van der Waals surface area contributed by atoms with Crippen LogP contribution in [0.1, 0.15) is 13.3 Å². The molecule has 0 aliphatic carbocycles. The van der Waals surface area contributed by atoms with Gasteiger partial charge in [-0.3, -0.25) is 4.79 Å². The molecule has 0 saturated heterocycles. The molecule has 3 nitrogen and oxygen atoms in total. The van der Waals surface area contributed by atoms with Crippen molar-refractivity contribution in [3.63, 3.8) is 0 Å². The molecule has 0 bridgehead atoms. The SMILES string of the molecule is CCOC(=O)CCNc1cccc(S)c1. The molecule has 0 aromatic heterocycles. The maximum absolute atomic E-state index is 11.0. The lowest BCUT2D eigenvalue weighted by atomic mass is 10.3. The van der Waals surface area contributed by atoms with E-state index in [1.807, 2.05) is 24.3 Å². The molecule has 0 heterocycles. The number of anilines is 1. The fourth-order valence-electron chi connectivity index (χ4n) is 1.16. The van der Waals surface area contributed by atoms with Gasteiger partial charge in [-0.05, 0) is 25.1 Å². The molecule has 1 aromatic carbocycles. The van der Waals surface area contributed by atoms with Crippen LogP contribution in [0, 0.1) is 0 Å². The number of rotatable bonds is 5.